The summed E-state index contributed by atoms with van der Waals surface area (Å²) in [4.78, 5) is 25.2. The van der Waals surface area contributed by atoms with Crippen LogP contribution in [0.1, 0.15) is 44.5 Å². The van der Waals surface area contributed by atoms with Gasteiger partial charge in [0.2, 0.25) is 0 Å². The SMILES string of the molecule is C[C@@H]1CCc2c(sc(NC(=O)c3cccc(F)c3)c2C(N)=O)C1. The summed E-state index contributed by atoms with van der Waals surface area (Å²) < 4.78 is 13.3. The van der Waals surface area contributed by atoms with Crippen LogP contribution in [0.2, 0.25) is 0 Å². The second kappa shape index (κ2) is 6.12. The van der Waals surface area contributed by atoms with Crippen LogP contribution in [0.3, 0.4) is 0 Å². The summed E-state index contributed by atoms with van der Waals surface area (Å²) in [7, 11) is 0. The highest BCUT2D eigenvalue weighted by molar-refractivity contribution is 7.17. The van der Waals surface area contributed by atoms with Crippen LogP contribution in [-0.4, -0.2) is 11.8 Å². The Morgan fingerprint density at radius 2 is 2.17 bits per heavy atom. The number of primary amides is 1. The molecule has 1 heterocycles. The van der Waals surface area contributed by atoms with E-state index in [0.29, 0.717) is 16.5 Å². The van der Waals surface area contributed by atoms with Gasteiger partial charge in [-0.1, -0.05) is 13.0 Å². The molecule has 120 valence electrons. The smallest absolute Gasteiger partial charge is 0.256 e. The van der Waals surface area contributed by atoms with Gasteiger partial charge in [-0.15, -0.1) is 11.3 Å². The molecule has 0 aliphatic heterocycles. The minimum atomic E-state index is -0.536. The molecule has 3 rings (SSSR count). The van der Waals surface area contributed by atoms with E-state index in [2.05, 4.69) is 12.2 Å². The van der Waals surface area contributed by atoms with E-state index in [1.807, 2.05) is 0 Å². The van der Waals surface area contributed by atoms with Crippen LogP contribution in [0, 0.1) is 11.7 Å². The Morgan fingerprint density at radius 3 is 2.87 bits per heavy atom. The van der Waals surface area contributed by atoms with Gasteiger partial charge in [0, 0.05) is 10.4 Å². The Labute approximate surface area is 137 Å². The normalized spacial score (nSPS) is 16.7. The third kappa shape index (κ3) is 3.12. The van der Waals surface area contributed by atoms with E-state index < -0.39 is 17.6 Å². The molecule has 0 saturated carbocycles. The first kappa shape index (κ1) is 15.7. The molecule has 0 radical (unpaired) electrons. The highest BCUT2D eigenvalue weighted by Crippen LogP contribution is 2.39. The molecule has 6 heteroatoms. The van der Waals surface area contributed by atoms with Gasteiger partial charge in [0.25, 0.3) is 11.8 Å². The van der Waals surface area contributed by atoms with Gasteiger partial charge >= 0.3 is 0 Å². The number of thiophene rings is 1. The second-order valence-corrected chi connectivity index (χ2v) is 6.99. The van der Waals surface area contributed by atoms with E-state index in [0.717, 1.165) is 35.8 Å². The first-order valence-electron chi connectivity index (χ1n) is 7.47. The number of nitrogens with two attached hydrogens (primary N) is 1. The van der Waals surface area contributed by atoms with Crippen LogP contribution in [0.4, 0.5) is 9.39 Å². The Balaban J connectivity index is 1.94. The van der Waals surface area contributed by atoms with E-state index in [1.165, 1.54) is 29.5 Å². The minimum Gasteiger partial charge on any atom is -0.365 e. The molecule has 0 spiro atoms. The Hall–Kier alpha value is -2.21. The van der Waals surface area contributed by atoms with E-state index in [4.69, 9.17) is 5.73 Å². The van der Waals surface area contributed by atoms with Crippen molar-refractivity contribution in [2.45, 2.75) is 26.2 Å². The average molecular weight is 332 g/mol. The van der Waals surface area contributed by atoms with Crippen molar-refractivity contribution in [2.75, 3.05) is 5.32 Å². The summed E-state index contributed by atoms with van der Waals surface area (Å²) in [5.41, 5.74) is 7.08. The molecule has 1 aliphatic rings. The molecule has 1 aromatic heterocycles. The van der Waals surface area contributed by atoms with Gasteiger partial charge in [-0.3, -0.25) is 9.59 Å². The van der Waals surface area contributed by atoms with Crippen LogP contribution >= 0.6 is 11.3 Å². The van der Waals surface area contributed by atoms with E-state index in [1.54, 1.807) is 0 Å². The Morgan fingerprint density at radius 1 is 1.39 bits per heavy atom. The molecular formula is C17H17FN2O2S. The number of hydrogen-bond acceptors (Lipinski definition) is 3. The number of benzene rings is 1. The second-order valence-electron chi connectivity index (χ2n) is 5.88. The zero-order valence-electron chi connectivity index (χ0n) is 12.7. The molecule has 0 bridgehead atoms. The molecule has 1 aliphatic carbocycles. The van der Waals surface area contributed by atoms with Crippen molar-refractivity contribution in [3.8, 4) is 0 Å². The molecule has 0 saturated heterocycles. The van der Waals surface area contributed by atoms with Crippen molar-refractivity contribution in [2.24, 2.45) is 11.7 Å². The van der Waals surface area contributed by atoms with E-state index in [9.17, 15) is 14.0 Å². The van der Waals surface area contributed by atoms with Gasteiger partial charge in [0.1, 0.15) is 10.8 Å². The first-order valence-corrected chi connectivity index (χ1v) is 8.28. The molecule has 23 heavy (non-hydrogen) atoms. The summed E-state index contributed by atoms with van der Waals surface area (Å²) in [6, 6.07) is 5.43. The van der Waals surface area contributed by atoms with Gasteiger partial charge in [-0.2, -0.15) is 0 Å². The Kier molecular flexibility index (Phi) is 4.17. The molecule has 0 unspecified atom stereocenters. The maximum Gasteiger partial charge on any atom is 0.256 e. The largest absolute Gasteiger partial charge is 0.365 e. The maximum atomic E-state index is 13.3. The summed E-state index contributed by atoms with van der Waals surface area (Å²) in [5.74, 6) is -0.911. The predicted octanol–water partition coefficient (Wildman–Crippen LogP) is 3.36. The van der Waals surface area contributed by atoms with Crippen molar-refractivity contribution in [3.63, 3.8) is 0 Å². The number of rotatable bonds is 3. The predicted molar refractivity (Wildman–Crippen MR) is 88.4 cm³/mol. The lowest BCUT2D eigenvalue weighted by Crippen LogP contribution is -2.19. The topological polar surface area (TPSA) is 72.2 Å². The van der Waals surface area contributed by atoms with Crippen molar-refractivity contribution in [3.05, 3.63) is 51.7 Å². The number of nitrogens with one attached hydrogen (secondary N) is 1. The molecule has 1 aromatic carbocycles. The van der Waals surface area contributed by atoms with Gasteiger partial charge in [0.05, 0.1) is 5.56 Å². The van der Waals surface area contributed by atoms with Gasteiger partial charge in [-0.25, -0.2) is 4.39 Å². The monoisotopic (exact) mass is 332 g/mol. The first-order chi connectivity index (χ1) is 11.0. The van der Waals surface area contributed by atoms with Gasteiger partial charge < -0.3 is 11.1 Å². The highest BCUT2D eigenvalue weighted by atomic mass is 32.1. The molecule has 4 nitrogen and oxygen atoms in total. The summed E-state index contributed by atoms with van der Waals surface area (Å²) in [5, 5.41) is 3.18. The quantitative estimate of drug-likeness (QED) is 0.904. The fraction of sp³-hybridized carbons (Fsp3) is 0.294. The van der Waals surface area contributed by atoms with Crippen molar-refractivity contribution in [1.82, 2.24) is 0 Å². The number of carbonyl (C=O) groups excluding carboxylic acids is 2. The van der Waals surface area contributed by atoms with E-state index in [-0.39, 0.29) is 5.56 Å². The number of hydrogen-bond donors (Lipinski definition) is 2. The molecular weight excluding hydrogens is 315 g/mol. The van der Waals surface area contributed by atoms with Crippen LogP contribution in [0.25, 0.3) is 0 Å². The molecule has 2 amide bonds. The number of halogens is 1. The third-order valence-corrected chi connectivity index (χ3v) is 5.24. The van der Waals surface area contributed by atoms with Crippen LogP contribution in [-0.2, 0) is 12.8 Å². The number of anilines is 1. The molecule has 1 atom stereocenters. The summed E-state index contributed by atoms with van der Waals surface area (Å²) in [6.45, 7) is 2.16. The van der Waals surface area contributed by atoms with Crippen LogP contribution < -0.4 is 11.1 Å². The molecule has 2 aromatic rings. The fourth-order valence-corrected chi connectivity index (χ4v) is 4.32. The van der Waals surface area contributed by atoms with Crippen LogP contribution in [0.15, 0.2) is 24.3 Å². The standard InChI is InChI=1S/C17H17FN2O2S/c1-9-5-6-12-13(7-9)23-17(14(12)15(19)21)20-16(22)10-3-2-4-11(18)8-10/h2-4,8-9H,5-7H2,1H3,(H2,19,21)(H,20,22)/t9-/m1/s1. The van der Waals surface area contributed by atoms with Crippen molar-refractivity contribution in [1.29, 1.82) is 0 Å². The zero-order valence-corrected chi connectivity index (χ0v) is 13.5. The van der Waals surface area contributed by atoms with Crippen molar-refractivity contribution < 1.29 is 14.0 Å². The van der Waals surface area contributed by atoms with Crippen LogP contribution in [0.5, 0.6) is 0 Å². The summed E-state index contributed by atoms with van der Waals surface area (Å²) in [6.07, 6.45) is 2.68. The van der Waals surface area contributed by atoms with E-state index >= 15 is 0 Å². The lowest BCUT2D eigenvalue weighted by molar-refractivity contribution is 0.1000. The lowest BCUT2D eigenvalue weighted by atomic mass is 9.88. The average Bonchev–Trinajstić information content (AvgIpc) is 2.84. The van der Waals surface area contributed by atoms with Gasteiger partial charge in [-0.05, 0) is 48.9 Å². The number of carbonyl (C=O) groups is 2. The fourth-order valence-electron chi connectivity index (χ4n) is 2.90. The Bertz CT molecular complexity index is 785. The third-order valence-electron chi connectivity index (χ3n) is 4.07. The lowest BCUT2D eigenvalue weighted by Gasteiger charge is -2.18. The number of amides is 2. The molecule has 3 N–H and O–H groups in total. The highest BCUT2D eigenvalue weighted by Gasteiger charge is 2.27. The maximum absolute atomic E-state index is 13.3. The minimum absolute atomic E-state index is 0.208. The zero-order chi connectivity index (χ0) is 16.6. The summed E-state index contributed by atoms with van der Waals surface area (Å²) >= 11 is 1.39. The number of fused-ring (bicyclic) bond motifs is 1. The van der Waals surface area contributed by atoms with Gasteiger partial charge in [0.15, 0.2) is 0 Å². The van der Waals surface area contributed by atoms with Crippen molar-refractivity contribution >= 4 is 28.2 Å². The molecule has 0 fully saturated rings.